The van der Waals surface area contributed by atoms with Gasteiger partial charge in [-0.15, -0.1) is 0 Å². The van der Waals surface area contributed by atoms with Gasteiger partial charge in [-0.05, 0) is 30.5 Å². The average molecular weight is 252 g/mol. The Labute approximate surface area is 108 Å². The van der Waals surface area contributed by atoms with Crippen LogP contribution in [0, 0.1) is 12.8 Å². The minimum atomic E-state index is -0.948. The van der Waals surface area contributed by atoms with Crippen molar-refractivity contribution in [1.82, 2.24) is 0 Å². The predicted molar refractivity (Wildman–Crippen MR) is 69.3 cm³/mol. The molecule has 0 aromatic heterocycles. The van der Waals surface area contributed by atoms with E-state index in [1.165, 1.54) is 0 Å². The van der Waals surface area contributed by atoms with Crippen LogP contribution in [-0.2, 0) is 4.74 Å². The largest absolute Gasteiger partial charge is 0.491 e. The molecular formula is C14H20O4. The first kappa shape index (κ1) is 14.5. The van der Waals surface area contributed by atoms with Gasteiger partial charge >= 0.3 is 5.97 Å². The lowest BCUT2D eigenvalue weighted by Gasteiger charge is -2.11. The summed E-state index contributed by atoms with van der Waals surface area (Å²) in [5.41, 5.74) is 1.16. The number of carboxylic acid groups (broad SMARTS) is 1. The minimum Gasteiger partial charge on any atom is -0.491 e. The normalized spacial score (nSPS) is 10.7. The maximum Gasteiger partial charge on any atom is 0.335 e. The lowest BCUT2D eigenvalue weighted by atomic mass is 10.1. The molecule has 4 nitrogen and oxygen atoms in total. The Morgan fingerprint density at radius 2 is 2.06 bits per heavy atom. The van der Waals surface area contributed by atoms with Crippen LogP contribution in [0.5, 0.6) is 5.75 Å². The third kappa shape index (κ3) is 4.75. The van der Waals surface area contributed by atoms with Gasteiger partial charge < -0.3 is 14.6 Å². The molecule has 0 aliphatic heterocycles. The van der Waals surface area contributed by atoms with Crippen molar-refractivity contribution in [3.8, 4) is 5.75 Å². The molecule has 0 saturated carbocycles. The molecular weight excluding hydrogens is 232 g/mol. The van der Waals surface area contributed by atoms with Crippen molar-refractivity contribution >= 4 is 5.97 Å². The summed E-state index contributed by atoms with van der Waals surface area (Å²) in [4.78, 5) is 10.8. The molecule has 1 aromatic rings. The molecule has 0 spiro atoms. The predicted octanol–water partition coefficient (Wildman–Crippen LogP) is 2.74. The van der Waals surface area contributed by atoms with E-state index < -0.39 is 5.97 Å². The van der Waals surface area contributed by atoms with E-state index in [-0.39, 0.29) is 5.56 Å². The fraction of sp³-hybridized carbons (Fsp3) is 0.500. The van der Waals surface area contributed by atoms with E-state index in [2.05, 4.69) is 13.8 Å². The van der Waals surface area contributed by atoms with Gasteiger partial charge in [-0.2, -0.15) is 0 Å². The number of aryl methyl sites for hydroxylation is 1. The van der Waals surface area contributed by atoms with E-state index in [0.29, 0.717) is 31.5 Å². The molecule has 0 radical (unpaired) electrons. The maximum absolute atomic E-state index is 10.8. The van der Waals surface area contributed by atoms with E-state index in [9.17, 15) is 4.79 Å². The number of carboxylic acids is 1. The topological polar surface area (TPSA) is 55.8 Å². The molecule has 0 amide bonds. The highest BCUT2D eigenvalue weighted by Gasteiger charge is 2.07. The quantitative estimate of drug-likeness (QED) is 0.758. The average Bonchev–Trinajstić information content (AvgIpc) is 2.30. The Morgan fingerprint density at radius 1 is 1.33 bits per heavy atom. The lowest BCUT2D eigenvalue weighted by molar-refractivity contribution is 0.0695. The number of hydrogen-bond donors (Lipinski definition) is 1. The van der Waals surface area contributed by atoms with Crippen molar-refractivity contribution in [2.75, 3.05) is 19.8 Å². The molecule has 1 aromatic carbocycles. The third-order valence-corrected chi connectivity index (χ3v) is 2.37. The molecule has 18 heavy (non-hydrogen) atoms. The van der Waals surface area contributed by atoms with Crippen molar-refractivity contribution in [3.05, 3.63) is 29.3 Å². The molecule has 1 rings (SSSR count). The summed E-state index contributed by atoms with van der Waals surface area (Å²) >= 11 is 0. The van der Waals surface area contributed by atoms with Crippen LogP contribution in [-0.4, -0.2) is 30.9 Å². The van der Waals surface area contributed by atoms with Gasteiger partial charge in [0.15, 0.2) is 0 Å². The van der Waals surface area contributed by atoms with Crippen LogP contribution in [0.15, 0.2) is 18.2 Å². The van der Waals surface area contributed by atoms with E-state index >= 15 is 0 Å². The summed E-state index contributed by atoms with van der Waals surface area (Å²) in [5.74, 6) is 0.154. The van der Waals surface area contributed by atoms with Gasteiger partial charge in [0.05, 0.1) is 12.2 Å². The molecule has 0 aliphatic carbocycles. The monoisotopic (exact) mass is 252 g/mol. The Balaban J connectivity index is 2.46. The van der Waals surface area contributed by atoms with Gasteiger partial charge in [0.25, 0.3) is 0 Å². The van der Waals surface area contributed by atoms with Crippen LogP contribution in [0.4, 0.5) is 0 Å². The Hall–Kier alpha value is -1.55. The smallest absolute Gasteiger partial charge is 0.335 e. The summed E-state index contributed by atoms with van der Waals surface area (Å²) in [5, 5.41) is 8.89. The summed E-state index contributed by atoms with van der Waals surface area (Å²) < 4.78 is 10.9. The van der Waals surface area contributed by atoms with Crippen molar-refractivity contribution in [2.24, 2.45) is 5.92 Å². The number of carbonyl (C=O) groups is 1. The molecule has 0 unspecified atom stereocenters. The minimum absolute atomic E-state index is 0.235. The molecule has 4 heteroatoms. The second-order valence-electron chi connectivity index (χ2n) is 4.60. The summed E-state index contributed by atoms with van der Waals surface area (Å²) in [6.45, 7) is 7.70. The van der Waals surface area contributed by atoms with Gasteiger partial charge in [0.1, 0.15) is 12.4 Å². The molecule has 0 aliphatic rings. The number of ether oxygens (including phenoxy) is 2. The van der Waals surface area contributed by atoms with Crippen molar-refractivity contribution < 1.29 is 19.4 Å². The second kappa shape index (κ2) is 7.01. The Morgan fingerprint density at radius 3 is 2.67 bits per heavy atom. The fourth-order valence-electron chi connectivity index (χ4n) is 1.42. The van der Waals surface area contributed by atoms with Crippen molar-refractivity contribution in [1.29, 1.82) is 0 Å². The number of rotatable bonds is 7. The standard InChI is InChI=1S/C14H20O4/c1-10(2)9-17-6-7-18-13-8-12(14(15)16)5-4-11(13)3/h4-5,8,10H,6-7,9H2,1-3H3,(H,15,16). The Kier molecular flexibility index (Phi) is 5.65. The van der Waals surface area contributed by atoms with Gasteiger partial charge in [0, 0.05) is 6.61 Å². The van der Waals surface area contributed by atoms with Gasteiger partial charge in [0.2, 0.25) is 0 Å². The molecule has 1 N–H and O–H groups in total. The third-order valence-electron chi connectivity index (χ3n) is 2.37. The van der Waals surface area contributed by atoms with E-state index in [4.69, 9.17) is 14.6 Å². The van der Waals surface area contributed by atoms with E-state index in [0.717, 1.165) is 5.56 Å². The molecule has 0 atom stereocenters. The highest BCUT2D eigenvalue weighted by molar-refractivity contribution is 5.88. The summed E-state index contributed by atoms with van der Waals surface area (Å²) in [6.07, 6.45) is 0. The lowest BCUT2D eigenvalue weighted by Crippen LogP contribution is -2.11. The Bertz CT molecular complexity index is 399. The fourth-order valence-corrected chi connectivity index (χ4v) is 1.42. The van der Waals surface area contributed by atoms with Crippen LogP contribution in [0.2, 0.25) is 0 Å². The van der Waals surface area contributed by atoms with Crippen LogP contribution in [0.25, 0.3) is 0 Å². The molecule has 0 heterocycles. The molecule has 100 valence electrons. The summed E-state index contributed by atoms with van der Waals surface area (Å²) in [6, 6.07) is 4.85. The zero-order chi connectivity index (χ0) is 13.5. The van der Waals surface area contributed by atoms with Gasteiger partial charge in [-0.3, -0.25) is 0 Å². The van der Waals surface area contributed by atoms with Crippen molar-refractivity contribution in [3.63, 3.8) is 0 Å². The number of hydrogen-bond acceptors (Lipinski definition) is 3. The second-order valence-corrected chi connectivity index (χ2v) is 4.60. The summed E-state index contributed by atoms with van der Waals surface area (Å²) in [7, 11) is 0. The zero-order valence-electron chi connectivity index (χ0n) is 11.1. The number of benzene rings is 1. The first-order valence-corrected chi connectivity index (χ1v) is 6.05. The number of aromatic carboxylic acids is 1. The molecule has 0 fully saturated rings. The van der Waals surface area contributed by atoms with Crippen LogP contribution < -0.4 is 4.74 Å². The first-order chi connectivity index (χ1) is 8.50. The van der Waals surface area contributed by atoms with Crippen LogP contribution in [0.1, 0.15) is 29.8 Å². The van der Waals surface area contributed by atoms with E-state index in [1.807, 2.05) is 6.92 Å². The van der Waals surface area contributed by atoms with E-state index in [1.54, 1.807) is 18.2 Å². The first-order valence-electron chi connectivity index (χ1n) is 6.05. The molecule has 0 saturated heterocycles. The van der Waals surface area contributed by atoms with Crippen molar-refractivity contribution in [2.45, 2.75) is 20.8 Å². The van der Waals surface area contributed by atoms with Crippen LogP contribution in [0.3, 0.4) is 0 Å². The highest BCUT2D eigenvalue weighted by atomic mass is 16.5. The zero-order valence-corrected chi connectivity index (χ0v) is 11.1. The maximum atomic E-state index is 10.8. The highest BCUT2D eigenvalue weighted by Crippen LogP contribution is 2.19. The van der Waals surface area contributed by atoms with Gasteiger partial charge in [-0.1, -0.05) is 19.9 Å². The van der Waals surface area contributed by atoms with Crippen LogP contribution >= 0.6 is 0 Å². The molecule has 0 bridgehead atoms. The van der Waals surface area contributed by atoms with Gasteiger partial charge in [-0.25, -0.2) is 4.79 Å². The SMILES string of the molecule is Cc1ccc(C(=O)O)cc1OCCOCC(C)C.